The maximum atomic E-state index is 12.3. The summed E-state index contributed by atoms with van der Waals surface area (Å²) < 4.78 is 15.5. The first kappa shape index (κ1) is 21.3. The van der Waals surface area contributed by atoms with Crippen LogP contribution in [0.2, 0.25) is 0 Å². The predicted octanol–water partition coefficient (Wildman–Crippen LogP) is 3.18. The van der Waals surface area contributed by atoms with Crippen molar-refractivity contribution < 1.29 is 28.6 Å². The largest absolute Gasteiger partial charge is 0.493 e. The minimum absolute atomic E-state index is 0.236. The quantitative estimate of drug-likeness (QED) is 0.391. The summed E-state index contributed by atoms with van der Waals surface area (Å²) in [5, 5.41) is 2.68. The number of amides is 1. The second kappa shape index (κ2) is 10.4. The standard InChI is InChI=1S/C20H21NO6S/c1-13(22)21-15-10-14(8-9-19(15)28-3)16(23)11-27-20(24)12-26-18-7-5-4-6-17(18)25-2/h4-10H,11-12H2,1-3H3,(H,21,22). The molecule has 0 spiro atoms. The first-order chi connectivity index (χ1) is 13.4. The smallest absolute Gasteiger partial charge is 0.344 e. The van der Waals surface area contributed by atoms with Crippen molar-refractivity contribution in [2.24, 2.45) is 0 Å². The van der Waals surface area contributed by atoms with E-state index in [-0.39, 0.29) is 18.3 Å². The van der Waals surface area contributed by atoms with Gasteiger partial charge >= 0.3 is 5.97 Å². The van der Waals surface area contributed by atoms with Crippen LogP contribution in [0.25, 0.3) is 0 Å². The predicted molar refractivity (Wildman–Crippen MR) is 106 cm³/mol. The average molecular weight is 403 g/mol. The molecule has 0 aromatic heterocycles. The number of ketones is 1. The monoisotopic (exact) mass is 403 g/mol. The van der Waals surface area contributed by atoms with Gasteiger partial charge in [-0.2, -0.15) is 0 Å². The van der Waals surface area contributed by atoms with Gasteiger partial charge in [0.1, 0.15) is 0 Å². The summed E-state index contributed by atoms with van der Waals surface area (Å²) in [4.78, 5) is 36.3. The van der Waals surface area contributed by atoms with Gasteiger partial charge in [0.2, 0.25) is 5.91 Å². The average Bonchev–Trinajstić information content (AvgIpc) is 2.70. The fourth-order valence-electron chi connectivity index (χ4n) is 2.31. The van der Waals surface area contributed by atoms with Crippen LogP contribution in [0.3, 0.4) is 0 Å². The topological polar surface area (TPSA) is 90.9 Å². The van der Waals surface area contributed by atoms with Crippen molar-refractivity contribution in [3.05, 3.63) is 48.0 Å². The number of carbonyl (C=O) groups is 3. The Kier molecular flexibility index (Phi) is 7.88. The number of hydrogen-bond acceptors (Lipinski definition) is 7. The van der Waals surface area contributed by atoms with Gasteiger partial charge in [0.25, 0.3) is 0 Å². The van der Waals surface area contributed by atoms with Gasteiger partial charge in [-0.3, -0.25) is 9.59 Å². The molecule has 0 heterocycles. The van der Waals surface area contributed by atoms with Crippen molar-refractivity contribution in [3.8, 4) is 11.5 Å². The number of carbonyl (C=O) groups excluding carboxylic acids is 3. The van der Waals surface area contributed by atoms with Gasteiger partial charge in [-0.05, 0) is 30.5 Å². The van der Waals surface area contributed by atoms with Crippen molar-refractivity contribution in [1.82, 2.24) is 0 Å². The maximum Gasteiger partial charge on any atom is 0.344 e. The fourth-order valence-corrected chi connectivity index (χ4v) is 2.85. The zero-order valence-electron chi connectivity index (χ0n) is 15.8. The highest BCUT2D eigenvalue weighted by Gasteiger charge is 2.14. The lowest BCUT2D eigenvalue weighted by atomic mass is 10.1. The molecule has 148 valence electrons. The number of anilines is 1. The molecule has 0 radical (unpaired) electrons. The summed E-state index contributed by atoms with van der Waals surface area (Å²) in [6.07, 6.45) is 1.87. The van der Waals surface area contributed by atoms with Crippen molar-refractivity contribution in [1.29, 1.82) is 0 Å². The Bertz CT molecular complexity index is 868. The third kappa shape index (κ3) is 6.02. The van der Waals surface area contributed by atoms with Crippen LogP contribution >= 0.6 is 11.8 Å². The molecule has 0 saturated heterocycles. The normalized spacial score (nSPS) is 10.1. The Balaban J connectivity index is 1.92. The molecule has 2 aromatic carbocycles. The van der Waals surface area contributed by atoms with Gasteiger partial charge in [0.05, 0.1) is 12.8 Å². The third-order valence-corrected chi connectivity index (χ3v) is 4.41. The summed E-state index contributed by atoms with van der Waals surface area (Å²) in [6.45, 7) is 0.616. The summed E-state index contributed by atoms with van der Waals surface area (Å²) in [5.41, 5.74) is 0.872. The molecule has 0 aliphatic carbocycles. The lowest BCUT2D eigenvalue weighted by Crippen LogP contribution is -2.20. The lowest BCUT2D eigenvalue weighted by molar-refractivity contribution is -0.144. The summed E-state index contributed by atoms with van der Waals surface area (Å²) in [6, 6.07) is 11.8. The number of esters is 1. The zero-order valence-corrected chi connectivity index (χ0v) is 16.6. The van der Waals surface area contributed by atoms with Crippen LogP contribution in [-0.4, -0.2) is 44.2 Å². The Labute approximate surface area is 167 Å². The molecule has 0 saturated carbocycles. The summed E-state index contributed by atoms with van der Waals surface area (Å²) in [5.74, 6) is -0.404. The molecule has 2 aromatic rings. The molecule has 28 heavy (non-hydrogen) atoms. The molecule has 8 heteroatoms. The van der Waals surface area contributed by atoms with E-state index in [1.54, 1.807) is 42.5 Å². The SMILES string of the molecule is COc1ccccc1OCC(=O)OCC(=O)c1ccc(SC)c(NC(C)=O)c1. The van der Waals surface area contributed by atoms with Gasteiger partial charge in [-0.15, -0.1) is 11.8 Å². The zero-order chi connectivity index (χ0) is 20.5. The highest BCUT2D eigenvalue weighted by molar-refractivity contribution is 7.98. The van der Waals surface area contributed by atoms with Crippen LogP contribution in [-0.2, 0) is 14.3 Å². The van der Waals surface area contributed by atoms with Gasteiger partial charge in [-0.1, -0.05) is 18.2 Å². The number of para-hydroxylation sites is 2. The third-order valence-electron chi connectivity index (χ3n) is 3.61. The number of rotatable bonds is 9. The van der Waals surface area contributed by atoms with Crippen LogP contribution in [0.1, 0.15) is 17.3 Å². The van der Waals surface area contributed by atoms with Gasteiger partial charge in [0, 0.05) is 17.4 Å². The van der Waals surface area contributed by atoms with E-state index in [0.29, 0.717) is 22.7 Å². The van der Waals surface area contributed by atoms with Gasteiger partial charge in [-0.25, -0.2) is 4.79 Å². The first-order valence-electron chi connectivity index (χ1n) is 8.35. The number of thioether (sulfide) groups is 1. The molecular formula is C20H21NO6S. The number of Topliss-reactive ketones (excluding diaryl/α,β-unsaturated/α-hetero) is 1. The highest BCUT2D eigenvalue weighted by Crippen LogP contribution is 2.27. The van der Waals surface area contributed by atoms with Crippen molar-refractivity contribution >= 4 is 35.1 Å². The van der Waals surface area contributed by atoms with Crippen LogP contribution in [0.5, 0.6) is 11.5 Å². The van der Waals surface area contributed by atoms with Crippen molar-refractivity contribution in [3.63, 3.8) is 0 Å². The van der Waals surface area contributed by atoms with Gasteiger partial charge < -0.3 is 19.5 Å². The number of hydrogen-bond donors (Lipinski definition) is 1. The van der Waals surface area contributed by atoms with Gasteiger partial charge in [0.15, 0.2) is 30.5 Å². The minimum atomic E-state index is -0.679. The van der Waals surface area contributed by atoms with Crippen molar-refractivity contribution in [2.75, 3.05) is 31.9 Å². The molecule has 0 atom stereocenters. The molecule has 0 bridgehead atoms. The molecule has 0 aliphatic rings. The van der Waals surface area contributed by atoms with E-state index in [1.165, 1.54) is 25.8 Å². The van der Waals surface area contributed by atoms with E-state index in [9.17, 15) is 14.4 Å². The fraction of sp³-hybridized carbons (Fsp3) is 0.250. The van der Waals surface area contributed by atoms with Crippen LogP contribution in [0.4, 0.5) is 5.69 Å². The Morgan fingerprint density at radius 2 is 1.75 bits per heavy atom. The Hall–Kier alpha value is -3.00. The molecule has 1 N–H and O–H groups in total. The Morgan fingerprint density at radius 1 is 1.04 bits per heavy atom. The molecule has 2 rings (SSSR count). The highest BCUT2D eigenvalue weighted by atomic mass is 32.2. The van der Waals surface area contributed by atoms with E-state index in [4.69, 9.17) is 14.2 Å². The number of methoxy groups -OCH3 is 1. The Morgan fingerprint density at radius 3 is 2.39 bits per heavy atom. The maximum absolute atomic E-state index is 12.3. The summed E-state index contributed by atoms with van der Waals surface area (Å²) in [7, 11) is 1.50. The van der Waals surface area contributed by atoms with E-state index >= 15 is 0 Å². The molecular weight excluding hydrogens is 382 g/mol. The number of nitrogens with one attached hydrogen (secondary N) is 1. The number of ether oxygens (including phenoxy) is 3. The second-order valence-corrected chi connectivity index (χ2v) is 6.47. The van der Waals surface area contributed by atoms with Crippen LogP contribution in [0.15, 0.2) is 47.4 Å². The molecule has 0 unspecified atom stereocenters. The molecule has 7 nitrogen and oxygen atoms in total. The lowest BCUT2D eigenvalue weighted by Gasteiger charge is -2.11. The van der Waals surface area contributed by atoms with Crippen molar-refractivity contribution in [2.45, 2.75) is 11.8 Å². The molecule has 0 fully saturated rings. The molecule has 1 amide bonds. The van der Waals surface area contributed by atoms with E-state index in [2.05, 4.69) is 5.32 Å². The summed E-state index contributed by atoms with van der Waals surface area (Å²) >= 11 is 1.45. The number of benzene rings is 2. The van der Waals surface area contributed by atoms with E-state index in [1.807, 2.05) is 6.26 Å². The first-order valence-corrected chi connectivity index (χ1v) is 9.57. The van der Waals surface area contributed by atoms with Crippen LogP contribution < -0.4 is 14.8 Å². The second-order valence-electron chi connectivity index (χ2n) is 5.62. The molecule has 0 aliphatic heterocycles. The minimum Gasteiger partial charge on any atom is -0.493 e. The van der Waals surface area contributed by atoms with Crippen LogP contribution in [0, 0.1) is 0 Å². The van der Waals surface area contributed by atoms with E-state index in [0.717, 1.165) is 4.90 Å². The van der Waals surface area contributed by atoms with E-state index < -0.39 is 12.6 Å².